The predicted molar refractivity (Wildman–Crippen MR) is 154 cm³/mol. The van der Waals surface area contributed by atoms with Gasteiger partial charge in [-0.05, 0) is 90.9 Å². The molecule has 34 heavy (non-hydrogen) atoms. The molecule has 0 bridgehead atoms. The summed E-state index contributed by atoms with van der Waals surface area (Å²) in [4.78, 5) is 6.95. The van der Waals surface area contributed by atoms with E-state index in [9.17, 15) is 0 Å². The van der Waals surface area contributed by atoms with Crippen molar-refractivity contribution in [3.63, 3.8) is 0 Å². The summed E-state index contributed by atoms with van der Waals surface area (Å²) in [5.41, 5.74) is 3.75. The highest BCUT2D eigenvalue weighted by Gasteiger charge is 2.33. The van der Waals surface area contributed by atoms with Gasteiger partial charge in [0.15, 0.2) is 5.11 Å². The van der Waals surface area contributed by atoms with Crippen molar-refractivity contribution in [1.29, 1.82) is 0 Å². The molecule has 0 unspecified atom stereocenters. The number of benzene rings is 3. The zero-order valence-electron chi connectivity index (χ0n) is 18.4. The van der Waals surface area contributed by atoms with Gasteiger partial charge in [-0.15, -0.1) is 0 Å². The molecule has 0 N–H and O–H groups in total. The highest BCUT2D eigenvalue weighted by Crippen LogP contribution is 2.42. The number of aliphatic imine (C=N–C) groups is 1. The highest BCUT2D eigenvalue weighted by molar-refractivity contribution is 8.07. The third kappa shape index (κ3) is 5.96. The Morgan fingerprint density at radius 3 is 1.94 bits per heavy atom. The second-order valence-electron chi connectivity index (χ2n) is 7.57. The van der Waals surface area contributed by atoms with Crippen LogP contribution < -0.4 is 9.21 Å². The van der Waals surface area contributed by atoms with Crippen LogP contribution in [-0.4, -0.2) is 17.4 Å². The van der Waals surface area contributed by atoms with Crippen molar-refractivity contribution >= 4 is 81.2 Å². The van der Waals surface area contributed by atoms with Crippen molar-refractivity contribution in [2.75, 3.05) is 15.7 Å². The first-order valence-corrected chi connectivity index (χ1v) is 13.1. The Bertz CT molecular complexity index is 1210. The van der Waals surface area contributed by atoms with Gasteiger partial charge in [0.25, 0.3) is 0 Å². The summed E-state index contributed by atoms with van der Waals surface area (Å²) < 4.78 is 2.01. The molecule has 3 aromatic carbocycles. The molecule has 0 spiro atoms. The molecule has 1 heterocycles. The van der Waals surface area contributed by atoms with Gasteiger partial charge in [0, 0.05) is 39.2 Å². The fraction of sp³-hybridized carbons (Fsp3) is 0.154. The lowest BCUT2D eigenvalue weighted by Crippen LogP contribution is -2.30. The summed E-state index contributed by atoms with van der Waals surface area (Å²) in [6.45, 7) is 2.91. The lowest BCUT2D eigenvalue weighted by molar-refractivity contribution is 0.808. The van der Waals surface area contributed by atoms with Crippen molar-refractivity contribution in [3.8, 4) is 0 Å². The van der Waals surface area contributed by atoms with Crippen molar-refractivity contribution in [2.24, 2.45) is 4.99 Å². The quantitative estimate of drug-likeness (QED) is 0.127. The number of thiocarbonyl (C=S) groups is 1. The molecule has 3 nitrogen and oxygen atoms in total. The molecule has 1 fully saturated rings. The highest BCUT2D eigenvalue weighted by atomic mass is 35.5. The van der Waals surface area contributed by atoms with Crippen molar-refractivity contribution < 1.29 is 0 Å². The molecular weight excluding hydrogens is 525 g/mol. The topological polar surface area (TPSA) is 18.8 Å². The average Bonchev–Trinajstić information content (AvgIpc) is 3.16. The molecule has 0 radical (unpaired) electrons. The van der Waals surface area contributed by atoms with Crippen molar-refractivity contribution in [3.05, 3.63) is 105 Å². The minimum absolute atomic E-state index is 0.643. The van der Waals surface area contributed by atoms with E-state index in [2.05, 4.69) is 13.0 Å². The number of hydrogen-bond acceptors (Lipinski definition) is 3. The first-order chi connectivity index (χ1) is 16.5. The number of nitrogens with zero attached hydrogens (tertiary/aromatic N) is 3. The Kier molecular flexibility index (Phi) is 8.56. The number of halogens is 3. The van der Waals surface area contributed by atoms with Crippen LogP contribution in [0.2, 0.25) is 15.1 Å². The molecule has 1 aliphatic rings. The van der Waals surface area contributed by atoms with Crippen LogP contribution in [0.1, 0.15) is 25.3 Å². The first kappa shape index (κ1) is 25.1. The van der Waals surface area contributed by atoms with E-state index in [0.29, 0.717) is 20.2 Å². The maximum Gasteiger partial charge on any atom is 0.196 e. The fourth-order valence-corrected chi connectivity index (χ4v) is 5.20. The van der Waals surface area contributed by atoms with Gasteiger partial charge in [0.1, 0.15) is 5.03 Å². The second-order valence-corrected chi connectivity index (χ2v) is 10.2. The van der Waals surface area contributed by atoms with Crippen LogP contribution in [0.5, 0.6) is 0 Å². The van der Waals surface area contributed by atoms with Crippen molar-refractivity contribution in [2.45, 2.75) is 19.8 Å². The van der Waals surface area contributed by atoms with Crippen LogP contribution in [0.3, 0.4) is 0 Å². The van der Waals surface area contributed by atoms with Gasteiger partial charge in [-0.3, -0.25) is 14.2 Å². The molecule has 0 aliphatic carbocycles. The van der Waals surface area contributed by atoms with Gasteiger partial charge in [0.2, 0.25) is 0 Å². The monoisotopic (exact) mass is 545 g/mol. The summed E-state index contributed by atoms with van der Waals surface area (Å²) in [7, 11) is 0. The third-order valence-electron chi connectivity index (χ3n) is 5.11. The molecule has 0 saturated carbocycles. The molecule has 4 rings (SSSR count). The maximum absolute atomic E-state index is 6.15. The minimum atomic E-state index is 0.643. The average molecular weight is 547 g/mol. The van der Waals surface area contributed by atoms with Crippen LogP contribution in [0.15, 0.2) is 88.9 Å². The lowest BCUT2D eigenvalue weighted by atomic mass is 10.1. The molecule has 0 aromatic heterocycles. The fourth-order valence-electron chi connectivity index (χ4n) is 3.33. The van der Waals surface area contributed by atoms with Crippen LogP contribution >= 0.6 is 59.0 Å². The van der Waals surface area contributed by atoms with E-state index in [1.165, 1.54) is 0 Å². The van der Waals surface area contributed by atoms with Crippen LogP contribution in [0, 0.1) is 0 Å². The van der Waals surface area contributed by atoms with Gasteiger partial charge in [0.05, 0.1) is 11.4 Å². The smallest absolute Gasteiger partial charge is 0.196 e. The van der Waals surface area contributed by atoms with Crippen LogP contribution in [-0.2, 0) is 0 Å². The summed E-state index contributed by atoms with van der Waals surface area (Å²) in [6.07, 6.45) is 4.18. The Morgan fingerprint density at radius 1 is 0.853 bits per heavy atom. The number of allylic oxidation sites excluding steroid dienone is 1. The summed E-state index contributed by atoms with van der Waals surface area (Å²) >= 11 is 25.9. The normalized spacial score (nSPS) is 15.5. The number of unbranched alkanes of at least 4 members (excludes halogenated alkanes) is 1. The van der Waals surface area contributed by atoms with E-state index in [0.717, 1.165) is 47.1 Å². The molecule has 3 aromatic rings. The SMILES string of the molecule is CCCCN=C(C=C1SN(c2ccc(Cl)cc2)C(=S)N1c1ccc(Cl)cc1)c1ccc(Cl)cc1. The largest absolute Gasteiger partial charge is 0.285 e. The zero-order chi connectivity index (χ0) is 24.1. The van der Waals surface area contributed by atoms with Gasteiger partial charge in [-0.25, -0.2) is 0 Å². The molecule has 8 heteroatoms. The Balaban J connectivity index is 1.78. The Morgan fingerprint density at radius 2 is 1.38 bits per heavy atom. The van der Waals surface area contributed by atoms with Gasteiger partial charge in [-0.2, -0.15) is 0 Å². The summed E-state index contributed by atoms with van der Waals surface area (Å²) in [5, 5.41) is 3.62. The summed E-state index contributed by atoms with van der Waals surface area (Å²) in [6, 6.07) is 23.0. The van der Waals surface area contributed by atoms with Gasteiger partial charge in [-0.1, -0.05) is 60.3 Å². The molecule has 174 valence electrons. The van der Waals surface area contributed by atoms with E-state index in [1.54, 1.807) is 11.9 Å². The van der Waals surface area contributed by atoms with E-state index in [-0.39, 0.29) is 0 Å². The zero-order valence-corrected chi connectivity index (χ0v) is 22.3. The van der Waals surface area contributed by atoms with Gasteiger partial charge >= 0.3 is 0 Å². The number of anilines is 2. The molecule has 0 amide bonds. The minimum Gasteiger partial charge on any atom is -0.285 e. The second kappa shape index (κ2) is 11.6. The third-order valence-corrected chi connectivity index (χ3v) is 7.40. The molecule has 1 aliphatic heterocycles. The van der Waals surface area contributed by atoms with Crippen LogP contribution in [0.4, 0.5) is 11.4 Å². The van der Waals surface area contributed by atoms with Gasteiger partial charge < -0.3 is 0 Å². The number of hydrogen-bond donors (Lipinski definition) is 0. The Hall–Kier alpha value is -2.02. The summed E-state index contributed by atoms with van der Waals surface area (Å²) in [5.74, 6) is 0. The first-order valence-electron chi connectivity index (χ1n) is 10.8. The lowest BCUT2D eigenvalue weighted by Gasteiger charge is -2.20. The molecule has 1 saturated heterocycles. The van der Waals surface area contributed by atoms with E-state index in [4.69, 9.17) is 52.0 Å². The standard InChI is InChI=1S/C26H22Cl3N3S2/c1-2-3-16-30-24(18-4-6-19(27)7-5-18)17-25-31(22-12-8-20(28)9-13-22)26(33)32(34-25)23-14-10-21(29)11-15-23/h4-15,17H,2-3,16H2,1H3. The predicted octanol–water partition coefficient (Wildman–Crippen LogP) is 9.04. The van der Waals surface area contributed by atoms with E-state index >= 15 is 0 Å². The Labute approximate surface area is 225 Å². The number of rotatable bonds is 7. The van der Waals surface area contributed by atoms with Crippen LogP contribution in [0.25, 0.3) is 0 Å². The maximum atomic E-state index is 6.15. The van der Waals surface area contributed by atoms with Crippen molar-refractivity contribution in [1.82, 2.24) is 0 Å². The molecule has 0 atom stereocenters. The van der Waals surface area contributed by atoms with E-state index < -0.39 is 0 Å². The molecular formula is C26H22Cl3N3S2. The van der Waals surface area contributed by atoms with E-state index in [1.807, 2.05) is 82.0 Å².